The molecule has 0 bridgehead atoms. The van der Waals surface area contributed by atoms with E-state index in [1.54, 1.807) is 0 Å². The number of rotatable bonds is 0. The molecule has 0 saturated carbocycles. The third kappa shape index (κ3) is 4.15. The highest BCUT2D eigenvalue weighted by molar-refractivity contribution is 9.12. The van der Waals surface area contributed by atoms with Crippen LogP contribution in [0.5, 0.6) is 0 Å². The molecule has 84 valence electrons. The number of hydrogen-bond acceptors (Lipinski definition) is 1. The minimum atomic E-state index is 0.539. The summed E-state index contributed by atoms with van der Waals surface area (Å²) in [5.41, 5.74) is 8.15. The van der Waals surface area contributed by atoms with Gasteiger partial charge in [0.1, 0.15) is 0 Å². The first-order chi connectivity index (χ1) is 7.00. The molecule has 0 fully saturated rings. The Morgan fingerprint density at radius 1 is 1.33 bits per heavy atom. The lowest BCUT2D eigenvalue weighted by Crippen LogP contribution is -2.02. The molecule has 0 aromatic heterocycles. The Hall–Kier alpha value is -0.0200. The Labute approximate surface area is 109 Å². The lowest BCUT2D eigenvalue weighted by atomic mass is 10.0. The first-order valence-electron chi connectivity index (χ1n) is 5.18. The van der Waals surface area contributed by atoms with E-state index in [2.05, 4.69) is 57.9 Å². The number of halogens is 2. The quantitative estimate of drug-likeness (QED) is 0.688. The second kappa shape index (κ2) is 5.90. The van der Waals surface area contributed by atoms with Gasteiger partial charge in [0.05, 0.1) is 0 Å². The Kier molecular flexibility index (Phi) is 5.13. The van der Waals surface area contributed by atoms with E-state index in [1.165, 1.54) is 10.1 Å². The fourth-order valence-corrected chi connectivity index (χ4v) is 2.54. The van der Waals surface area contributed by atoms with Crippen molar-refractivity contribution in [3.05, 3.63) is 32.4 Å². The minimum absolute atomic E-state index is 0.539. The van der Waals surface area contributed by atoms with Crippen LogP contribution in [0.3, 0.4) is 0 Å². The monoisotopic (exact) mass is 333 g/mol. The second-order valence-corrected chi connectivity index (χ2v) is 5.89. The Morgan fingerprint density at radius 3 is 2.67 bits per heavy atom. The van der Waals surface area contributed by atoms with Crippen molar-refractivity contribution in [1.29, 1.82) is 0 Å². The van der Waals surface area contributed by atoms with Gasteiger partial charge in [-0.2, -0.15) is 0 Å². The summed E-state index contributed by atoms with van der Waals surface area (Å²) in [6.07, 6.45) is 7.46. The van der Waals surface area contributed by atoms with Crippen molar-refractivity contribution >= 4 is 31.9 Å². The predicted octanol–water partition coefficient (Wildman–Crippen LogP) is 4.60. The van der Waals surface area contributed by atoms with Gasteiger partial charge in [-0.05, 0) is 52.5 Å². The fraction of sp³-hybridized carbons (Fsp3) is 0.500. The first-order valence-corrected chi connectivity index (χ1v) is 6.76. The molecule has 0 spiro atoms. The molecule has 0 heterocycles. The Morgan fingerprint density at radius 2 is 2.00 bits per heavy atom. The number of nitrogens with two attached hydrogens (primary N) is 1. The van der Waals surface area contributed by atoms with E-state index < -0.39 is 0 Å². The summed E-state index contributed by atoms with van der Waals surface area (Å²) in [7, 11) is 0. The van der Waals surface area contributed by atoms with Crippen LogP contribution >= 0.6 is 31.9 Å². The second-order valence-electron chi connectivity index (χ2n) is 4.08. The summed E-state index contributed by atoms with van der Waals surface area (Å²) < 4.78 is 2.36. The number of allylic oxidation sites excluding steroid dienone is 5. The molecule has 2 N–H and O–H groups in total. The lowest BCUT2D eigenvalue weighted by molar-refractivity contribution is 0.732. The summed E-state index contributed by atoms with van der Waals surface area (Å²) in [6, 6.07) is 0. The zero-order valence-corrected chi connectivity index (χ0v) is 12.4. The fourth-order valence-electron chi connectivity index (χ4n) is 1.53. The zero-order valence-electron chi connectivity index (χ0n) is 9.19. The lowest BCUT2D eigenvalue weighted by Gasteiger charge is -2.12. The first kappa shape index (κ1) is 13.0. The summed E-state index contributed by atoms with van der Waals surface area (Å²) in [5, 5.41) is 0. The molecule has 1 rings (SSSR count). The van der Waals surface area contributed by atoms with Crippen molar-refractivity contribution < 1.29 is 0 Å². The van der Waals surface area contributed by atoms with Gasteiger partial charge in [-0.15, -0.1) is 0 Å². The van der Waals surface area contributed by atoms with Crippen molar-refractivity contribution in [2.45, 2.75) is 33.1 Å². The van der Waals surface area contributed by atoms with Gasteiger partial charge in [0.2, 0.25) is 0 Å². The van der Waals surface area contributed by atoms with E-state index in [4.69, 9.17) is 5.73 Å². The third-order valence-corrected chi connectivity index (χ3v) is 4.34. The van der Waals surface area contributed by atoms with E-state index in [-0.39, 0.29) is 0 Å². The molecule has 0 amide bonds. The molecule has 0 aromatic carbocycles. The smallest absolute Gasteiger partial charge is 0.0417 e. The largest absolute Gasteiger partial charge is 0.398 e. The molecule has 0 aromatic rings. The third-order valence-electron chi connectivity index (χ3n) is 2.54. The van der Waals surface area contributed by atoms with E-state index in [0.717, 1.165) is 29.4 Å². The molecular formula is C12H17Br2N. The van der Waals surface area contributed by atoms with Crippen molar-refractivity contribution in [3.8, 4) is 0 Å². The maximum atomic E-state index is 5.98. The van der Waals surface area contributed by atoms with Crippen LogP contribution in [0.2, 0.25) is 0 Å². The molecule has 3 heteroatoms. The molecule has 1 nitrogen and oxygen atoms in total. The normalized spacial score (nSPS) is 36.4. The van der Waals surface area contributed by atoms with Crippen molar-refractivity contribution in [1.82, 2.24) is 0 Å². The van der Waals surface area contributed by atoms with E-state index in [1.807, 2.05) is 0 Å². The molecule has 0 radical (unpaired) electrons. The van der Waals surface area contributed by atoms with Gasteiger partial charge in [0.25, 0.3) is 0 Å². The van der Waals surface area contributed by atoms with Crippen LogP contribution in [-0.4, -0.2) is 0 Å². The van der Waals surface area contributed by atoms with Crippen LogP contribution in [-0.2, 0) is 0 Å². The summed E-state index contributed by atoms with van der Waals surface area (Å²) in [5.74, 6) is 0.539. The summed E-state index contributed by atoms with van der Waals surface area (Å²) in [4.78, 5) is 0. The Bertz CT molecular complexity index is 327. The highest BCUT2D eigenvalue weighted by atomic mass is 79.9. The minimum Gasteiger partial charge on any atom is -0.398 e. The molecule has 1 unspecified atom stereocenters. The van der Waals surface area contributed by atoms with E-state index in [9.17, 15) is 0 Å². The SMILES string of the molecule is C/C1=C(Br)\C(N)=C\CC(C)/C=C(/Br)CC1. The summed E-state index contributed by atoms with van der Waals surface area (Å²) >= 11 is 7.16. The van der Waals surface area contributed by atoms with Crippen LogP contribution in [0.1, 0.15) is 33.1 Å². The van der Waals surface area contributed by atoms with Gasteiger partial charge in [-0.3, -0.25) is 0 Å². The molecule has 1 atom stereocenters. The van der Waals surface area contributed by atoms with Gasteiger partial charge in [0.15, 0.2) is 0 Å². The number of hydrogen-bond donors (Lipinski definition) is 1. The van der Waals surface area contributed by atoms with Crippen LogP contribution < -0.4 is 5.73 Å². The van der Waals surface area contributed by atoms with Crippen molar-refractivity contribution in [2.24, 2.45) is 11.7 Å². The van der Waals surface area contributed by atoms with Crippen LogP contribution in [0.25, 0.3) is 0 Å². The highest BCUT2D eigenvalue weighted by Gasteiger charge is 2.07. The van der Waals surface area contributed by atoms with Crippen molar-refractivity contribution in [3.63, 3.8) is 0 Å². The van der Waals surface area contributed by atoms with Gasteiger partial charge < -0.3 is 5.73 Å². The van der Waals surface area contributed by atoms with Gasteiger partial charge in [0, 0.05) is 10.2 Å². The molecule has 1 aliphatic carbocycles. The Balaban J connectivity index is 2.96. The molecule has 0 aliphatic heterocycles. The summed E-state index contributed by atoms with van der Waals surface area (Å²) in [6.45, 7) is 4.33. The average Bonchev–Trinajstić information content (AvgIpc) is 2.20. The molecule has 15 heavy (non-hydrogen) atoms. The van der Waals surface area contributed by atoms with Crippen LogP contribution in [0, 0.1) is 5.92 Å². The van der Waals surface area contributed by atoms with Crippen LogP contribution in [0.4, 0.5) is 0 Å². The van der Waals surface area contributed by atoms with Crippen molar-refractivity contribution in [2.75, 3.05) is 0 Å². The zero-order chi connectivity index (χ0) is 11.4. The topological polar surface area (TPSA) is 26.0 Å². The van der Waals surface area contributed by atoms with Gasteiger partial charge >= 0.3 is 0 Å². The van der Waals surface area contributed by atoms with Gasteiger partial charge in [-0.25, -0.2) is 0 Å². The van der Waals surface area contributed by atoms with E-state index in [0.29, 0.717) is 5.92 Å². The molecule has 1 aliphatic rings. The average molecular weight is 335 g/mol. The van der Waals surface area contributed by atoms with E-state index >= 15 is 0 Å². The standard InChI is InChI=1S/C12H17Br2N/c1-8-3-6-11(15)12(14)9(2)4-5-10(13)7-8/h6-8H,3-5,15H2,1-2H3/b10-7+,11-6-,12-9-. The van der Waals surface area contributed by atoms with Gasteiger partial charge in [-0.1, -0.05) is 40.6 Å². The molecular weight excluding hydrogens is 318 g/mol. The predicted molar refractivity (Wildman–Crippen MR) is 73.9 cm³/mol. The molecule has 0 saturated heterocycles. The van der Waals surface area contributed by atoms with Crippen LogP contribution in [0.15, 0.2) is 32.4 Å². The highest BCUT2D eigenvalue weighted by Crippen LogP contribution is 2.27. The maximum Gasteiger partial charge on any atom is 0.0417 e. The maximum absolute atomic E-state index is 5.98.